The van der Waals surface area contributed by atoms with E-state index in [-0.39, 0.29) is 18.1 Å². The van der Waals surface area contributed by atoms with E-state index >= 15 is 0 Å². The van der Waals surface area contributed by atoms with Crippen molar-refractivity contribution in [2.45, 2.75) is 46.3 Å². The first-order valence-electron chi connectivity index (χ1n) is 8.36. The first-order valence-corrected chi connectivity index (χ1v) is 8.36. The summed E-state index contributed by atoms with van der Waals surface area (Å²) in [7, 11) is 0. The zero-order valence-electron chi connectivity index (χ0n) is 14.5. The van der Waals surface area contributed by atoms with Crippen LogP contribution < -0.4 is 15.8 Å². The molecule has 2 unspecified atom stereocenters. The maximum absolute atomic E-state index is 10.9. The van der Waals surface area contributed by atoms with Gasteiger partial charge in [-0.05, 0) is 50.3 Å². The molecule has 0 radical (unpaired) electrons. The second-order valence-electron chi connectivity index (χ2n) is 5.88. The molecule has 23 heavy (non-hydrogen) atoms. The number of carbonyl (C=O) groups excluding carboxylic acids is 1. The lowest BCUT2D eigenvalue weighted by Gasteiger charge is -2.14. The second-order valence-corrected chi connectivity index (χ2v) is 5.88. The SMILES string of the molecule is CCOC(C)NCCCOc1cccc(CC(C)CC(N)=O)c1. The Morgan fingerprint density at radius 3 is 2.83 bits per heavy atom. The summed E-state index contributed by atoms with van der Waals surface area (Å²) in [5, 5.41) is 3.28. The predicted octanol–water partition coefficient (Wildman–Crippen LogP) is 2.48. The van der Waals surface area contributed by atoms with E-state index in [0.29, 0.717) is 19.6 Å². The van der Waals surface area contributed by atoms with Crippen LogP contribution in [0.4, 0.5) is 0 Å². The normalized spacial score (nSPS) is 13.5. The topological polar surface area (TPSA) is 73.6 Å². The third-order valence-corrected chi connectivity index (χ3v) is 3.47. The van der Waals surface area contributed by atoms with Crippen LogP contribution in [0.25, 0.3) is 0 Å². The summed E-state index contributed by atoms with van der Waals surface area (Å²) in [4.78, 5) is 10.9. The molecule has 2 atom stereocenters. The number of amides is 1. The van der Waals surface area contributed by atoms with Crippen molar-refractivity contribution in [1.82, 2.24) is 5.32 Å². The summed E-state index contributed by atoms with van der Waals surface area (Å²) in [5.74, 6) is 0.859. The average Bonchev–Trinajstić information content (AvgIpc) is 2.46. The van der Waals surface area contributed by atoms with Crippen LogP contribution in [0.1, 0.15) is 39.2 Å². The van der Waals surface area contributed by atoms with Gasteiger partial charge in [-0.3, -0.25) is 10.1 Å². The van der Waals surface area contributed by atoms with Crippen molar-refractivity contribution in [3.05, 3.63) is 29.8 Å². The summed E-state index contributed by atoms with van der Waals surface area (Å²) in [6.45, 7) is 8.25. The fourth-order valence-electron chi connectivity index (χ4n) is 2.46. The van der Waals surface area contributed by atoms with Gasteiger partial charge in [0.1, 0.15) is 12.0 Å². The van der Waals surface area contributed by atoms with E-state index < -0.39 is 0 Å². The van der Waals surface area contributed by atoms with Gasteiger partial charge in [0.25, 0.3) is 0 Å². The number of rotatable bonds is 12. The van der Waals surface area contributed by atoms with Crippen LogP contribution in [-0.2, 0) is 16.0 Å². The number of carbonyl (C=O) groups is 1. The molecule has 5 heteroatoms. The minimum absolute atomic E-state index is 0.0788. The van der Waals surface area contributed by atoms with Crippen LogP contribution in [0.5, 0.6) is 5.75 Å². The number of hydrogen-bond donors (Lipinski definition) is 2. The smallest absolute Gasteiger partial charge is 0.217 e. The fraction of sp³-hybridized carbons (Fsp3) is 0.611. The van der Waals surface area contributed by atoms with Gasteiger partial charge < -0.3 is 15.2 Å². The molecular weight excluding hydrogens is 292 g/mol. The van der Waals surface area contributed by atoms with Crippen LogP contribution in [0, 0.1) is 5.92 Å². The van der Waals surface area contributed by atoms with E-state index in [9.17, 15) is 4.79 Å². The molecule has 1 aromatic rings. The second kappa shape index (κ2) is 11.0. The van der Waals surface area contributed by atoms with E-state index in [1.165, 1.54) is 5.56 Å². The highest BCUT2D eigenvalue weighted by Gasteiger charge is 2.08. The minimum atomic E-state index is -0.251. The minimum Gasteiger partial charge on any atom is -0.494 e. The molecule has 0 bridgehead atoms. The highest BCUT2D eigenvalue weighted by atomic mass is 16.5. The molecule has 1 aromatic carbocycles. The Bertz CT molecular complexity index is 465. The fourth-order valence-corrected chi connectivity index (χ4v) is 2.46. The van der Waals surface area contributed by atoms with Crippen molar-refractivity contribution in [1.29, 1.82) is 0 Å². The van der Waals surface area contributed by atoms with Crippen molar-refractivity contribution in [2.24, 2.45) is 11.7 Å². The number of primary amides is 1. The number of nitrogens with one attached hydrogen (secondary N) is 1. The number of nitrogens with two attached hydrogens (primary N) is 1. The Hall–Kier alpha value is -1.59. The molecule has 0 saturated carbocycles. The Kier molecular flexibility index (Phi) is 9.33. The third kappa shape index (κ3) is 9.21. The van der Waals surface area contributed by atoms with Gasteiger partial charge in [0, 0.05) is 19.6 Å². The molecule has 3 N–H and O–H groups in total. The van der Waals surface area contributed by atoms with Crippen LogP contribution >= 0.6 is 0 Å². The van der Waals surface area contributed by atoms with E-state index in [1.807, 2.05) is 39.0 Å². The first kappa shape index (κ1) is 19.5. The highest BCUT2D eigenvalue weighted by Crippen LogP contribution is 2.17. The third-order valence-electron chi connectivity index (χ3n) is 3.47. The molecule has 0 aliphatic rings. The lowest BCUT2D eigenvalue weighted by Crippen LogP contribution is -2.30. The molecule has 0 spiro atoms. The number of hydrogen-bond acceptors (Lipinski definition) is 4. The van der Waals surface area contributed by atoms with Crippen molar-refractivity contribution in [2.75, 3.05) is 19.8 Å². The molecule has 0 heterocycles. The molecule has 130 valence electrons. The van der Waals surface area contributed by atoms with E-state index in [2.05, 4.69) is 11.4 Å². The molecule has 0 fully saturated rings. The molecule has 5 nitrogen and oxygen atoms in total. The Labute approximate surface area is 139 Å². The van der Waals surface area contributed by atoms with E-state index in [0.717, 1.165) is 25.1 Å². The summed E-state index contributed by atoms with van der Waals surface area (Å²) >= 11 is 0. The zero-order valence-corrected chi connectivity index (χ0v) is 14.5. The molecule has 1 rings (SSSR count). The molecule has 0 aliphatic heterocycles. The quantitative estimate of drug-likeness (QED) is 0.458. The lowest BCUT2D eigenvalue weighted by molar-refractivity contribution is -0.118. The van der Waals surface area contributed by atoms with Crippen LogP contribution in [0.2, 0.25) is 0 Å². The van der Waals surface area contributed by atoms with Gasteiger partial charge in [-0.15, -0.1) is 0 Å². The summed E-state index contributed by atoms with van der Waals surface area (Å²) in [5.41, 5.74) is 6.40. The Morgan fingerprint density at radius 2 is 2.13 bits per heavy atom. The highest BCUT2D eigenvalue weighted by molar-refractivity contribution is 5.73. The van der Waals surface area contributed by atoms with Crippen molar-refractivity contribution >= 4 is 5.91 Å². The maximum Gasteiger partial charge on any atom is 0.217 e. The zero-order chi connectivity index (χ0) is 17.1. The van der Waals surface area contributed by atoms with E-state index in [1.54, 1.807) is 0 Å². The van der Waals surface area contributed by atoms with Gasteiger partial charge in [-0.25, -0.2) is 0 Å². The van der Waals surface area contributed by atoms with Gasteiger partial charge in [-0.2, -0.15) is 0 Å². The van der Waals surface area contributed by atoms with E-state index in [4.69, 9.17) is 15.2 Å². The Balaban J connectivity index is 2.29. The van der Waals surface area contributed by atoms with Crippen LogP contribution in [0.15, 0.2) is 24.3 Å². The predicted molar refractivity (Wildman–Crippen MR) is 92.3 cm³/mol. The summed E-state index contributed by atoms with van der Waals surface area (Å²) in [6, 6.07) is 8.03. The largest absolute Gasteiger partial charge is 0.494 e. The maximum atomic E-state index is 10.9. The van der Waals surface area contributed by atoms with Gasteiger partial charge in [-0.1, -0.05) is 19.1 Å². The van der Waals surface area contributed by atoms with Crippen molar-refractivity contribution in [3.63, 3.8) is 0 Å². The molecule has 0 aliphatic carbocycles. The molecule has 0 saturated heterocycles. The average molecular weight is 322 g/mol. The molecule has 0 aromatic heterocycles. The van der Waals surface area contributed by atoms with Crippen LogP contribution in [-0.4, -0.2) is 31.9 Å². The Morgan fingerprint density at radius 1 is 1.35 bits per heavy atom. The van der Waals surface area contributed by atoms with Gasteiger partial charge in [0.05, 0.1) is 6.61 Å². The van der Waals surface area contributed by atoms with Gasteiger partial charge in [0.15, 0.2) is 0 Å². The first-order chi connectivity index (χ1) is 11.0. The number of benzene rings is 1. The number of ether oxygens (including phenoxy) is 2. The summed E-state index contributed by atoms with van der Waals surface area (Å²) < 4.78 is 11.2. The monoisotopic (exact) mass is 322 g/mol. The standard InChI is InChI=1S/C18H30N2O3/c1-4-22-15(3)20-9-6-10-23-17-8-5-7-16(13-17)11-14(2)12-18(19)21/h5,7-8,13-15,20H,4,6,9-12H2,1-3H3,(H2,19,21). The van der Waals surface area contributed by atoms with Gasteiger partial charge in [0.2, 0.25) is 5.91 Å². The van der Waals surface area contributed by atoms with Crippen molar-refractivity contribution in [3.8, 4) is 5.75 Å². The van der Waals surface area contributed by atoms with Crippen LogP contribution in [0.3, 0.4) is 0 Å². The molecular formula is C18H30N2O3. The summed E-state index contributed by atoms with van der Waals surface area (Å²) in [6.07, 6.45) is 2.23. The molecule has 1 amide bonds. The van der Waals surface area contributed by atoms with Gasteiger partial charge >= 0.3 is 0 Å². The van der Waals surface area contributed by atoms with Crippen molar-refractivity contribution < 1.29 is 14.3 Å². The lowest BCUT2D eigenvalue weighted by atomic mass is 9.98.